The topological polar surface area (TPSA) is 64.6 Å². The van der Waals surface area contributed by atoms with Crippen LogP contribution in [0.15, 0.2) is 53.4 Å². The van der Waals surface area contributed by atoms with Crippen LogP contribution in [-0.4, -0.2) is 30.8 Å². The van der Waals surface area contributed by atoms with E-state index in [-0.39, 0.29) is 24.9 Å². The highest BCUT2D eigenvalue weighted by atomic mass is 35.5. The molecule has 0 aromatic heterocycles. The van der Waals surface area contributed by atoms with Gasteiger partial charge in [-0.1, -0.05) is 35.9 Å². The first-order chi connectivity index (χ1) is 13.4. The number of nitrogens with one attached hydrogen (secondary N) is 1. The number of halogens is 1. The zero-order chi connectivity index (χ0) is 20.5. The molecule has 7 heteroatoms. The van der Waals surface area contributed by atoms with E-state index in [1.54, 1.807) is 33.1 Å². The fraction of sp³-hybridized carbons (Fsp3) is 0.333. The van der Waals surface area contributed by atoms with Crippen LogP contribution in [0, 0.1) is 0 Å². The summed E-state index contributed by atoms with van der Waals surface area (Å²) in [5.41, 5.74) is 0.774. The SMILES string of the molecule is CCOC(=O)CC(NC(=O)C(C)Sc1ccccc1Cl)c1cccc(OC)c1. The van der Waals surface area contributed by atoms with Crippen molar-refractivity contribution in [1.29, 1.82) is 0 Å². The molecule has 1 amide bonds. The standard InChI is InChI=1S/C21H24ClNO4S/c1-4-27-20(24)13-18(15-8-7-9-16(12-15)26-3)23-21(25)14(2)28-19-11-6-5-10-17(19)22/h5-12,14,18H,4,13H2,1-3H3,(H,23,25). The minimum atomic E-state index is -0.518. The van der Waals surface area contributed by atoms with Crippen LogP contribution in [0.3, 0.4) is 0 Å². The summed E-state index contributed by atoms with van der Waals surface area (Å²) in [7, 11) is 1.57. The molecule has 0 fully saturated rings. The van der Waals surface area contributed by atoms with Crippen LogP contribution >= 0.6 is 23.4 Å². The molecule has 0 aliphatic heterocycles. The minimum Gasteiger partial charge on any atom is -0.497 e. The van der Waals surface area contributed by atoms with Crippen molar-refractivity contribution in [3.63, 3.8) is 0 Å². The normalized spacial score (nSPS) is 12.7. The van der Waals surface area contributed by atoms with Crippen LogP contribution in [-0.2, 0) is 14.3 Å². The van der Waals surface area contributed by atoms with Crippen LogP contribution < -0.4 is 10.1 Å². The predicted molar refractivity (Wildman–Crippen MR) is 112 cm³/mol. The van der Waals surface area contributed by atoms with Gasteiger partial charge < -0.3 is 14.8 Å². The Balaban J connectivity index is 2.14. The zero-order valence-corrected chi connectivity index (χ0v) is 17.7. The van der Waals surface area contributed by atoms with Crippen LogP contribution in [0.4, 0.5) is 0 Å². The number of hydrogen-bond acceptors (Lipinski definition) is 5. The van der Waals surface area contributed by atoms with Gasteiger partial charge in [0.25, 0.3) is 0 Å². The first-order valence-electron chi connectivity index (χ1n) is 8.95. The van der Waals surface area contributed by atoms with Gasteiger partial charge in [0, 0.05) is 4.90 Å². The van der Waals surface area contributed by atoms with E-state index in [1.807, 2.05) is 36.4 Å². The number of carbonyl (C=O) groups excluding carboxylic acids is 2. The van der Waals surface area contributed by atoms with E-state index in [1.165, 1.54) is 11.8 Å². The highest BCUT2D eigenvalue weighted by Gasteiger charge is 2.23. The Bertz CT molecular complexity index is 814. The second kappa shape index (κ2) is 11.0. The monoisotopic (exact) mass is 421 g/mol. The number of hydrogen-bond donors (Lipinski definition) is 1. The van der Waals surface area contributed by atoms with Crippen molar-refractivity contribution in [2.75, 3.05) is 13.7 Å². The van der Waals surface area contributed by atoms with E-state index in [0.29, 0.717) is 10.8 Å². The summed E-state index contributed by atoms with van der Waals surface area (Å²) in [5.74, 6) is 0.0863. The Kier molecular flexibility index (Phi) is 8.67. The summed E-state index contributed by atoms with van der Waals surface area (Å²) in [4.78, 5) is 25.6. The molecule has 5 nitrogen and oxygen atoms in total. The number of thioether (sulfide) groups is 1. The Morgan fingerprint density at radius 2 is 1.93 bits per heavy atom. The summed E-state index contributed by atoms with van der Waals surface area (Å²) in [5, 5.41) is 3.16. The molecule has 0 saturated carbocycles. The fourth-order valence-corrected chi connectivity index (χ4v) is 3.73. The van der Waals surface area contributed by atoms with Crippen molar-refractivity contribution in [2.45, 2.75) is 36.5 Å². The fourth-order valence-electron chi connectivity index (χ4n) is 2.57. The van der Waals surface area contributed by atoms with Crippen molar-refractivity contribution in [2.24, 2.45) is 0 Å². The molecule has 28 heavy (non-hydrogen) atoms. The molecule has 0 bridgehead atoms. The van der Waals surface area contributed by atoms with E-state index in [4.69, 9.17) is 21.1 Å². The van der Waals surface area contributed by atoms with E-state index in [2.05, 4.69) is 5.32 Å². The Morgan fingerprint density at radius 3 is 2.61 bits per heavy atom. The van der Waals surface area contributed by atoms with Crippen LogP contribution in [0.25, 0.3) is 0 Å². The molecule has 0 spiro atoms. The van der Waals surface area contributed by atoms with Crippen molar-refractivity contribution in [3.05, 3.63) is 59.1 Å². The van der Waals surface area contributed by atoms with Crippen molar-refractivity contribution in [3.8, 4) is 5.75 Å². The number of rotatable bonds is 9. The van der Waals surface area contributed by atoms with E-state index < -0.39 is 11.3 Å². The molecular formula is C21H24ClNO4S. The Labute approximate surface area is 174 Å². The van der Waals surface area contributed by atoms with Gasteiger partial charge in [-0.15, -0.1) is 11.8 Å². The molecule has 0 aliphatic carbocycles. The predicted octanol–water partition coefficient (Wildman–Crippen LogP) is 4.64. The zero-order valence-electron chi connectivity index (χ0n) is 16.1. The molecule has 1 N–H and O–H groups in total. The maximum absolute atomic E-state index is 12.8. The molecule has 2 aromatic carbocycles. The molecular weight excluding hydrogens is 398 g/mol. The van der Waals surface area contributed by atoms with Crippen LogP contribution in [0.5, 0.6) is 5.75 Å². The number of esters is 1. The number of benzene rings is 2. The van der Waals surface area contributed by atoms with Gasteiger partial charge in [0.15, 0.2) is 0 Å². The number of methoxy groups -OCH3 is 1. The van der Waals surface area contributed by atoms with Gasteiger partial charge >= 0.3 is 5.97 Å². The van der Waals surface area contributed by atoms with E-state index in [0.717, 1.165) is 10.5 Å². The third kappa shape index (κ3) is 6.46. The molecule has 0 aliphatic rings. The van der Waals surface area contributed by atoms with E-state index >= 15 is 0 Å². The summed E-state index contributed by atoms with van der Waals surface area (Å²) in [6.07, 6.45) is 0.0379. The van der Waals surface area contributed by atoms with Gasteiger partial charge in [-0.25, -0.2) is 0 Å². The molecule has 0 saturated heterocycles. The molecule has 2 aromatic rings. The summed E-state index contributed by atoms with van der Waals surface area (Å²) in [6, 6.07) is 14.1. The van der Waals surface area contributed by atoms with Crippen LogP contribution in [0.1, 0.15) is 31.9 Å². The smallest absolute Gasteiger partial charge is 0.308 e. The lowest BCUT2D eigenvalue weighted by atomic mass is 10.0. The maximum Gasteiger partial charge on any atom is 0.308 e. The summed E-state index contributed by atoms with van der Waals surface area (Å²) < 4.78 is 10.3. The first kappa shape index (κ1) is 22.1. The van der Waals surface area contributed by atoms with E-state index in [9.17, 15) is 9.59 Å². The molecule has 2 rings (SSSR count). The first-order valence-corrected chi connectivity index (χ1v) is 10.2. The van der Waals surface area contributed by atoms with Gasteiger partial charge in [-0.05, 0) is 43.7 Å². The van der Waals surface area contributed by atoms with Gasteiger partial charge in [-0.3, -0.25) is 9.59 Å². The maximum atomic E-state index is 12.8. The van der Waals surface area contributed by atoms with Crippen molar-refractivity contribution in [1.82, 2.24) is 5.32 Å². The number of amides is 1. The lowest BCUT2D eigenvalue weighted by molar-refractivity contribution is -0.143. The second-order valence-electron chi connectivity index (χ2n) is 6.04. The van der Waals surface area contributed by atoms with Crippen LogP contribution in [0.2, 0.25) is 5.02 Å². The molecule has 2 atom stereocenters. The summed E-state index contributed by atoms with van der Waals surface area (Å²) >= 11 is 7.55. The van der Waals surface area contributed by atoms with Crippen molar-refractivity contribution >= 4 is 35.2 Å². The van der Waals surface area contributed by atoms with Crippen molar-refractivity contribution < 1.29 is 19.1 Å². The average Bonchev–Trinajstić information content (AvgIpc) is 2.69. The lowest BCUT2D eigenvalue weighted by Gasteiger charge is -2.21. The molecule has 2 unspecified atom stereocenters. The molecule has 150 valence electrons. The van der Waals surface area contributed by atoms with Gasteiger partial charge in [0.05, 0.1) is 36.5 Å². The molecule has 0 heterocycles. The van der Waals surface area contributed by atoms with Gasteiger partial charge in [0.1, 0.15) is 5.75 Å². The lowest BCUT2D eigenvalue weighted by Crippen LogP contribution is -2.35. The quantitative estimate of drug-likeness (QED) is 0.472. The number of carbonyl (C=O) groups is 2. The molecule has 0 radical (unpaired) electrons. The highest BCUT2D eigenvalue weighted by molar-refractivity contribution is 8.00. The summed E-state index contributed by atoms with van der Waals surface area (Å²) in [6.45, 7) is 3.84. The average molecular weight is 422 g/mol. The van der Waals surface area contributed by atoms with Gasteiger partial charge in [-0.2, -0.15) is 0 Å². The highest BCUT2D eigenvalue weighted by Crippen LogP contribution is 2.31. The minimum absolute atomic E-state index is 0.0379. The third-order valence-electron chi connectivity index (χ3n) is 4.00. The third-order valence-corrected chi connectivity index (χ3v) is 5.62. The second-order valence-corrected chi connectivity index (χ2v) is 7.83. The number of ether oxygens (including phenoxy) is 2. The van der Waals surface area contributed by atoms with Gasteiger partial charge in [0.2, 0.25) is 5.91 Å². The Morgan fingerprint density at radius 1 is 1.18 bits per heavy atom. The Hall–Kier alpha value is -2.18. The largest absolute Gasteiger partial charge is 0.497 e.